The van der Waals surface area contributed by atoms with Crippen molar-refractivity contribution < 1.29 is 0 Å². The van der Waals surface area contributed by atoms with E-state index in [4.69, 9.17) is 11.6 Å². The van der Waals surface area contributed by atoms with Crippen molar-refractivity contribution in [2.45, 2.75) is 17.1 Å². The molecule has 54 valence electrons. The summed E-state index contributed by atoms with van der Waals surface area (Å²) < 4.78 is 0.106. The minimum Gasteiger partial charge on any atom is -0.126 e. The smallest absolute Gasteiger partial charge is 0.0905 e. The van der Waals surface area contributed by atoms with Crippen molar-refractivity contribution in [3.05, 3.63) is 0 Å². The van der Waals surface area contributed by atoms with E-state index in [0.717, 1.165) is 5.88 Å². The molecule has 3 heteroatoms. The molecule has 1 aliphatic rings. The highest BCUT2D eigenvalue weighted by Gasteiger charge is 2.68. The molecule has 0 bridgehead atoms. The molecule has 0 aliphatic heterocycles. The van der Waals surface area contributed by atoms with Gasteiger partial charge < -0.3 is 0 Å². The fourth-order valence-corrected chi connectivity index (χ4v) is 3.83. The third-order valence-corrected chi connectivity index (χ3v) is 5.70. The molecule has 0 nitrogen and oxygen atoms in total. The van der Waals surface area contributed by atoms with Crippen LogP contribution in [-0.2, 0) is 0 Å². The van der Waals surface area contributed by atoms with Crippen LogP contribution in [0, 0.1) is 11.3 Å². The number of alkyl halides is 3. The average molecular weight is 276 g/mol. The van der Waals surface area contributed by atoms with Crippen molar-refractivity contribution in [3.63, 3.8) is 0 Å². The molecule has 9 heavy (non-hydrogen) atoms. The molecule has 0 unspecified atom stereocenters. The van der Waals surface area contributed by atoms with Gasteiger partial charge in [-0.15, -0.1) is 11.6 Å². The fraction of sp³-hybridized carbons (Fsp3) is 1.00. The van der Waals surface area contributed by atoms with Gasteiger partial charge in [0, 0.05) is 11.8 Å². The second-order valence-electron chi connectivity index (χ2n) is 3.05. The Balaban J connectivity index is 2.66. The maximum Gasteiger partial charge on any atom is 0.0905 e. The molecule has 0 aromatic carbocycles. The van der Waals surface area contributed by atoms with Gasteiger partial charge in [-0.3, -0.25) is 0 Å². The maximum absolute atomic E-state index is 5.71. The molecule has 1 fully saturated rings. The predicted molar refractivity (Wildman–Crippen MR) is 48.6 cm³/mol. The van der Waals surface area contributed by atoms with E-state index in [1.54, 1.807) is 0 Å². The molecular weight excluding hydrogens is 267 g/mol. The lowest BCUT2D eigenvalue weighted by Crippen LogP contribution is -1.94. The van der Waals surface area contributed by atoms with E-state index in [2.05, 4.69) is 45.7 Å². The Hall–Kier alpha value is 1.25. The van der Waals surface area contributed by atoms with Crippen LogP contribution in [-0.4, -0.2) is 9.11 Å². The van der Waals surface area contributed by atoms with Crippen LogP contribution in [0.3, 0.4) is 0 Å². The van der Waals surface area contributed by atoms with E-state index in [-0.39, 0.29) is 3.23 Å². The summed E-state index contributed by atoms with van der Waals surface area (Å²) in [4.78, 5) is 0. The van der Waals surface area contributed by atoms with Crippen molar-refractivity contribution in [1.29, 1.82) is 0 Å². The van der Waals surface area contributed by atoms with Crippen LogP contribution < -0.4 is 0 Å². The first-order valence-electron chi connectivity index (χ1n) is 2.88. The molecule has 1 atom stereocenters. The summed E-state index contributed by atoms with van der Waals surface area (Å²) in [6.45, 7) is 4.40. The molecule has 1 rings (SSSR count). The molecule has 0 amide bonds. The zero-order valence-electron chi connectivity index (χ0n) is 5.42. The predicted octanol–water partition coefficient (Wildman–Crippen LogP) is 3.37. The van der Waals surface area contributed by atoms with Crippen LogP contribution in [0.15, 0.2) is 0 Å². The standard InChI is InChI=1S/C6H9Br2Cl/c1-5(2)4(3-9)6(5,7)8/h4H,3H2,1-2H3/t4-/m0/s1. The quantitative estimate of drug-likeness (QED) is 0.644. The lowest BCUT2D eigenvalue weighted by molar-refractivity contribution is 0.588. The molecule has 0 radical (unpaired) electrons. The Kier molecular flexibility index (Phi) is 1.96. The van der Waals surface area contributed by atoms with Gasteiger partial charge in [0.05, 0.1) is 3.23 Å². The number of halogens is 3. The van der Waals surface area contributed by atoms with Gasteiger partial charge in [0.1, 0.15) is 0 Å². The van der Waals surface area contributed by atoms with E-state index in [1.807, 2.05) is 0 Å². The van der Waals surface area contributed by atoms with Crippen LogP contribution in [0.4, 0.5) is 0 Å². The third-order valence-electron chi connectivity index (χ3n) is 2.24. The van der Waals surface area contributed by atoms with Gasteiger partial charge in [-0.1, -0.05) is 45.7 Å². The lowest BCUT2D eigenvalue weighted by atomic mass is 10.1. The first-order valence-corrected chi connectivity index (χ1v) is 5.00. The molecule has 0 spiro atoms. The number of hydrogen-bond donors (Lipinski definition) is 0. The van der Waals surface area contributed by atoms with E-state index in [1.165, 1.54) is 0 Å². The van der Waals surface area contributed by atoms with Gasteiger partial charge in [-0.2, -0.15) is 0 Å². The van der Waals surface area contributed by atoms with Crippen LogP contribution in [0.2, 0.25) is 0 Å². The fourth-order valence-electron chi connectivity index (χ4n) is 1.05. The number of hydrogen-bond acceptors (Lipinski definition) is 0. The maximum atomic E-state index is 5.71. The van der Waals surface area contributed by atoms with Gasteiger partial charge in [-0.25, -0.2) is 0 Å². The highest BCUT2D eigenvalue weighted by Crippen LogP contribution is 2.71. The van der Waals surface area contributed by atoms with E-state index < -0.39 is 0 Å². The van der Waals surface area contributed by atoms with E-state index in [9.17, 15) is 0 Å². The average Bonchev–Trinajstić information content (AvgIpc) is 2.00. The minimum absolute atomic E-state index is 0.106. The van der Waals surface area contributed by atoms with Gasteiger partial charge in [-0.05, 0) is 5.41 Å². The van der Waals surface area contributed by atoms with Crippen LogP contribution in [0.5, 0.6) is 0 Å². The molecule has 0 aromatic rings. The molecule has 1 saturated carbocycles. The highest BCUT2D eigenvalue weighted by molar-refractivity contribution is 9.25. The molecule has 0 heterocycles. The molecule has 0 saturated heterocycles. The Morgan fingerprint density at radius 3 is 1.78 bits per heavy atom. The molecular formula is C6H9Br2Cl. The van der Waals surface area contributed by atoms with Crippen molar-refractivity contribution >= 4 is 43.5 Å². The van der Waals surface area contributed by atoms with Gasteiger partial charge in [0.25, 0.3) is 0 Å². The Labute approximate surface area is 77.6 Å². The SMILES string of the molecule is CC1(C)[C@H](CCl)C1(Br)Br. The topological polar surface area (TPSA) is 0 Å². The molecule has 0 N–H and O–H groups in total. The van der Waals surface area contributed by atoms with Crippen LogP contribution >= 0.6 is 43.5 Å². The zero-order chi connectivity index (χ0) is 7.28. The zero-order valence-corrected chi connectivity index (χ0v) is 9.35. The summed E-state index contributed by atoms with van der Waals surface area (Å²) in [6.07, 6.45) is 0. The molecule has 1 aliphatic carbocycles. The second kappa shape index (κ2) is 2.12. The largest absolute Gasteiger partial charge is 0.126 e. The number of rotatable bonds is 1. The van der Waals surface area contributed by atoms with E-state index in [0.29, 0.717) is 11.3 Å². The van der Waals surface area contributed by atoms with Crippen molar-refractivity contribution in [3.8, 4) is 0 Å². The van der Waals surface area contributed by atoms with Gasteiger partial charge >= 0.3 is 0 Å². The van der Waals surface area contributed by atoms with Crippen molar-refractivity contribution in [2.24, 2.45) is 11.3 Å². The lowest BCUT2D eigenvalue weighted by Gasteiger charge is -1.99. The minimum atomic E-state index is 0.106. The van der Waals surface area contributed by atoms with Crippen LogP contribution in [0.1, 0.15) is 13.8 Å². The monoisotopic (exact) mass is 274 g/mol. The summed E-state index contributed by atoms with van der Waals surface area (Å²) in [7, 11) is 0. The highest BCUT2D eigenvalue weighted by atomic mass is 79.9. The summed E-state index contributed by atoms with van der Waals surface area (Å²) >= 11 is 12.8. The third kappa shape index (κ3) is 0.982. The summed E-state index contributed by atoms with van der Waals surface area (Å²) in [5.74, 6) is 1.29. The normalized spacial score (nSPS) is 36.3. The van der Waals surface area contributed by atoms with E-state index >= 15 is 0 Å². The summed E-state index contributed by atoms with van der Waals surface area (Å²) in [6, 6.07) is 0. The molecule has 0 aromatic heterocycles. The Morgan fingerprint density at radius 1 is 1.44 bits per heavy atom. The van der Waals surface area contributed by atoms with Crippen molar-refractivity contribution in [1.82, 2.24) is 0 Å². The van der Waals surface area contributed by atoms with Gasteiger partial charge in [0.2, 0.25) is 0 Å². The van der Waals surface area contributed by atoms with Crippen LogP contribution in [0.25, 0.3) is 0 Å². The Morgan fingerprint density at radius 2 is 1.78 bits per heavy atom. The first-order chi connectivity index (χ1) is 3.94. The Bertz CT molecular complexity index is 117. The summed E-state index contributed by atoms with van der Waals surface area (Å²) in [5, 5.41) is 0. The van der Waals surface area contributed by atoms with Gasteiger partial charge in [0.15, 0.2) is 0 Å². The first kappa shape index (κ1) is 8.35. The van der Waals surface area contributed by atoms with Crippen molar-refractivity contribution in [2.75, 3.05) is 5.88 Å². The summed E-state index contributed by atoms with van der Waals surface area (Å²) in [5.41, 5.74) is 0.314. The second-order valence-corrected chi connectivity index (χ2v) is 6.93.